The van der Waals surface area contributed by atoms with Crippen molar-refractivity contribution in [1.82, 2.24) is 0 Å². The predicted molar refractivity (Wildman–Crippen MR) is 95.8 cm³/mol. The molecule has 0 bridgehead atoms. The molecule has 1 atom stereocenters. The number of hydrogen-bond donors (Lipinski definition) is 1. The minimum Gasteiger partial charge on any atom is -0.497 e. The Morgan fingerprint density at radius 3 is 2.44 bits per heavy atom. The van der Waals surface area contributed by atoms with Crippen LogP contribution in [-0.2, 0) is 11.2 Å². The number of benzene rings is 3. The molecule has 0 fully saturated rings. The fourth-order valence-electron chi connectivity index (χ4n) is 3.02. The molecule has 1 N–H and O–H groups in total. The average Bonchev–Trinajstić information content (AvgIpc) is 2.62. The third-order valence-corrected chi connectivity index (χ3v) is 4.49. The first-order chi connectivity index (χ1) is 12.0. The van der Waals surface area contributed by atoms with E-state index in [1.54, 1.807) is 26.2 Å². The Balaban J connectivity index is 2.13. The SMILES string of the molecule is COc1ccc2c(C(C)C(=O)O)ccc(Cc3ccc(F)cc3)c2c1. The monoisotopic (exact) mass is 338 g/mol. The summed E-state index contributed by atoms with van der Waals surface area (Å²) >= 11 is 0. The van der Waals surface area contributed by atoms with Gasteiger partial charge in [0.05, 0.1) is 13.0 Å². The van der Waals surface area contributed by atoms with Gasteiger partial charge in [-0.05, 0) is 65.1 Å². The number of aliphatic carboxylic acids is 1. The average molecular weight is 338 g/mol. The lowest BCUT2D eigenvalue weighted by Crippen LogP contribution is -2.08. The van der Waals surface area contributed by atoms with Crippen LogP contribution in [0.15, 0.2) is 54.6 Å². The van der Waals surface area contributed by atoms with Gasteiger partial charge in [0.1, 0.15) is 11.6 Å². The van der Waals surface area contributed by atoms with Crippen molar-refractivity contribution in [3.05, 3.63) is 77.1 Å². The number of halogens is 1. The molecule has 0 aliphatic rings. The van der Waals surface area contributed by atoms with Crippen molar-refractivity contribution >= 4 is 16.7 Å². The molecule has 1 unspecified atom stereocenters. The molecule has 0 radical (unpaired) electrons. The molecule has 0 aliphatic heterocycles. The van der Waals surface area contributed by atoms with Crippen molar-refractivity contribution in [2.24, 2.45) is 0 Å². The fourth-order valence-corrected chi connectivity index (χ4v) is 3.02. The Labute approximate surface area is 145 Å². The molecule has 0 amide bonds. The minimum absolute atomic E-state index is 0.263. The number of ether oxygens (including phenoxy) is 1. The normalized spacial score (nSPS) is 12.1. The van der Waals surface area contributed by atoms with E-state index in [2.05, 4.69) is 0 Å². The van der Waals surface area contributed by atoms with E-state index in [4.69, 9.17) is 4.74 Å². The Kier molecular flexibility index (Phi) is 4.70. The van der Waals surface area contributed by atoms with Crippen LogP contribution in [-0.4, -0.2) is 18.2 Å². The van der Waals surface area contributed by atoms with E-state index in [1.807, 2.05) is 30.3 Å². The molecule has 0 saturated heterocycles. The first kappa shape index (κ1) is 17.0. The topological polar surface area (TPSA) is 46.5 Å². The second kappa shape index (κ2) is 6.93. The number of fused-ring (bicyclic) bond motifs is 1. The van der Waals surface area contributed by atoms with Crippen molar-refractivity contribution in [3.63, 3.8) is 0 Å². The van der Waals surface area contributed by atoms with Crippen LogP contribution in [0.1, 0.15) is 29.5 Å². The van der Waals surface area contributed by atoms with Crippen LogP contribution in [0.3, 0.4) is 0 Å². The molecule has 0 aliphatic carbocycles. The maximum Gasteiger partial charge on any atom is 0.310 e. The fraction of sp³-hybridized carbons (Fsp3) is 0.190. The lowest BCUT2D eigenvalue weighted by Gasteiger charge is -2.15. The second-order valence-corrected chi connectivity index (χ2v) is 6.09. The Hall–Kier alpha value is -2.88. The highest BCUT2D eigenvalue weighted by Gasteiger charge is 2.18. The highest BCUT2D eigenvalue weighted by Crippen LogP contribution is 2.32. The summed E-state index contributed by atoms with van der Waals surface area (Å²) in [6.45, 7) is 1.68. The molecular formula is C21H19FO3. The third kappa shape index (κ3) is 3.48. The van der Waals surface area contributed by atoms with Gasteiger partial charge in [0.25, 0.3) is 0 Å². The van der Waals surface area contributed by atoms with Crippen molar-refractivity contribution in [2.45, 2.75) is 19.3 Å². The molecule has 0 heterocycles. The molecule has 0 spiro atoms. The van der Waals surface area contributed by atoms with Gasteiger partial charge in [-0.3, -0.25) is 4.79 Å². The number of hydrogen-bond acceptors (Lipinski definition) is 2. The van der Waals surface area contributed by atoms with E-state index in [0.717, 1.165) is 27.5 Å². The summed E-state index contributed by atoms with van der Waals surface area (Å²) in [6, 6.07) is 15.9. The van der Waals surface area contributed by atoms with Gasteiger partial charge in [-0.1, -0.05) is 30.3 Å². The van der Waals surface area contributed by atoms with Gasteiger partial charge in [-0.25, -0.2) is 4.39 Å². The quantitative estimate of drug-likeness (QED) is 0.729. The van der Waals surface area contributed by atoms with Gasteiger partial charge in [0.15, 0.2) is 0 Å². The zero-order chi connectivity index (χ0) is 18.0. The zero-order valence-corrected chi connectivity index (χ0v) is 14.1. The molecule has 3 nitrogen and oxygen atoms in total. The highest BCUT2D eigenvalue weighted by molar-refractivity contribution is 5.93. The van der Waals surface area contributed by atoms with Crippen molar-refractivity contribution in [3.8, 4) is 5.75 Å². The summed E-state index contributed by atoms with van der Waals surface area (Å²) in [7, 11) is 1.60. The summed E-state index contributed by atoms with van der Waals surface area (Å²) in [5.74, 6) is -1.01. The number of methoxy groups -OCH3 is 1. The Morgan fingerprint density at radius 1 is 1.08 bits per heavy atom. The zero-order valence-electron chi connectivity index (χ0n) is 14.1. The second-order valence-electron chi connectivity index (χ2n) is 6.09. The molecule has 0 aromatic heterocycles. The van der Waals surface area contributed by atoms with Gasteiger partial charge in [-0.15, -0.1) is 0 Å². The van der Waals surface area contributed by atoms with Gasteiger partial charge in [0, 0.05) is 0 Å². The maximum atomic E-state index is 13.1. The highest BCUT2D eigenvalue weighted by atomic mass is 19.1. The first-order valence-electron chi connectivity index (χ1n) is 8.06. The van der Waals surface area contributed by atoms with E-state index in [9.17, 15) is 14.3 Å². The number of carboxylic acids is 1. The van der Waals surface area contributed by atoms with Crippen LogP contribution in [0.2, 0.25) is 0 Å². The van der Waals surface area contributed by atoms with Crippen molar-refractivity contribution < 1.29 is 19.0 Å². The summed E-state index contributed by atoms with van der Waals surface area (Å²) in [6.07, 6.45) is 0.631. The minimum atomic E-state index is -0.858. The number of carbonyl (C=O) groups is 1. The van der Waals surface area contributed by atoms with Crippen molar-refractivity contribution in [2.75, 3.05) is 7.11 Å². The molecule has 3 aromatic rings. The predicted octanol–water partition coefficient (Wildman–Crippen LogP) is 4.77. The lowest BCUT2D eigenvalue weighted by molar-refractivity contribution is -0.138. The van der Waals surface area contributed by atoms with Crippen LogP contribution in [0.4, 0.5) is 4.39 Å². The molecule has 3 rings (SSSR count). The van der Waals surface area contributed by atoms with Gasteiger partial charge in [-0.2, -0.15) is 0 Å². The number of carboxylic acid groups (broad SMARTS) is 1. The largest absolute Gasteiger partial charge is 0.497 e. The summed E-state index contributed by atoms with van der Waals surface area (Å²) in [5, 5.41) is 11.2. The molecule has 4 heteroatoms. The van der Waals surface area contributed by atoms with Crippen LogP contribution >= 0.6 is 0 Å². The molecule has 3 aromatic carbocycles. The molecule has 0 saturated carbocycles. The van der Waals surface area contributed by atoms with E-state index in [0.29, 0.717) is 12.2 Å². The smallest absolute Gasteiger partial charge is 0.310 e. The van der Waals surface area contributed by atoms with E-state index < -0.39 is 11.9 Å². The van der Waals surface area contributed by atoms with Crippen LogP contribution in [0, 0.1) is 5.82 Å². The van der Waals surface area contributed by atoms with Gasteiger partial charge in [0.2, 0.25) is 0 Å². The molecular weight excluding hydrogens is 319 g/mol. The van der Waals surface area contributed by atoms with Crippen LogP contribution < -0.4 is 4.74 Å². The molecule has 128 valence electrons. The summed E-state index contributed by atoms with van der Waals surface area (Å²) in [4.78, 5) is 11.4. The maximum absolute atomic E-state index is 13.1. The van der Waals surface area contributed by atoms with Crippen LogP contribution in [0.5, 0.6) is 5.75 Å². The van der Waals surface area contributed by atoms with Crippen LogP contribution in [0.25, 0.3) is 10.8 Å². The van der Waals surface area contributed by atoms with E-state index in [1.165, 1.54) is 12.1 Å². The van der Waals surface area contributed by atoms with E-state index in [-0.39, 0.29) is 5.82 Å². The first-order valence-corrected chi connectivity index (χ1v) is 8.06. The number of rotatable bonds is 5. The van der Waals surface area contributed by atoms with Gasteiger partial charge < -0.3 is 9.84 Å². The molecule has 25 heavy (non-hydrogen) atoms. The lowest BCUT2D eigenvalue weighted by atomic mass is 9.90. The Morgan fingerprint density at radius 2 is 1.80 bits per heavy atom. The van der Waals surface area contributed by atoms with E-state index >= 15 is 0 Å². The standard InChI is InChI=1S/C21H19FO3/c1-13(21(23)24)18-9-5-15(11-14-3-6-16(22)7-4-14)20-12-17(25-2)8-10-19(18)20/h3-10,12-13H,11H2,1-2H3,(H,23,24). The van der Waals surface area contributed by atoms with Gasteiger partial charge >= 0.3 is 5.97 Å². The Bertz CT molecular complexity index is 916. The summed E-state index contributed by atoms with van der Waals surface area (Å²) < 4.78 is 18.4. The third-order valence-electron chi connectivity index (χ3n) is 4.49. The summed E-state index contributed by atoms with van der Waals surface area (Å²) in [5.41, 5.74) is 2.81. The van der Waals surface area contributed by atoms with Crippen molar-refractivity contribution in [1.29, 1.82) is 0 Å².